The lowest BCUT2D eigenvalue weighted by Crippen LogP contribution is -2.62. The van der Waals surface area contributed by atoms with Crippen molar-refractivity contribution in [2.24, 2.45) is 0 Å². The summed E-state index contributed by atoms with van der Waals surface area (Å²) in [7, 11) is -3.37. The molecule has 4 rings (SSSR count). The van der Waals surface area contributed by atoms with E-state index in [1.807, 2.05) is 0 Å². The molecule has 27 heavy (non-hydrogen) atoms. The lowest BCUT2D eigenvalue weighted by molar-refractivity contribution is 0.0273. The highest BCUT2D eigenvalue weighted by Gasteiger charge is 2.50. The van der Waals surface area contributed by atoms with Gasteiger partial charge in [0.1, 0.15) is 11.5 Å². The average molecular weight is 390 g/mol. The summed E-state index contributed by atoms with van der Waals surface area (Å²) in [4.78, 5) is 32.7. The van der Waals surface area contributed by atoms with Crippen molar-refractivity contribution >= 4 is 21.7 Å². The molecule has 4 heterocycles. The lowest BCUT2D eigenvalue weighted by atomic mass is 10.0. The molecule has 0 bridgehead atoms. The topological polar surface area (TPSA) is 114 Å². The molecular formula is C17H18N4O5S. The van der Waals surface area contributed by atoms with Crippen LogP contribution in [-0.4, -0.2) is 76.9 Å². The molecule has 0 spiro atoms. The molecule has 2 amide bonds. The number of amides is 2. The smallest absolute Gasteiger partial charge is 0.276 e. The molecule has 2 aliphatic rings. The minimum absolute atomic E-state index is 0.139. The van der Waals surface area contributed by atoms with E-state index in [9.17, 15) is 18.0 Å². The molecule has 2 aromatic rings. The number of piperazine rings is 1. The first-order chi connectivity index (χ1) is 12.9. The van der Waals surface area contributed by atoms with Gasteiger partial charge in [0.05, 0.1) is 23.6 Å². The molecule has 0 aromatic carbocycles. The Morgan fingerprint density at radius 2 is 1.70 bits per heavy atom. The summed E-state index contributed by atoms with van der Waals surface area (Å²) in [5.74, 6) is -0.557. The zero-order chi connectivity index (χ0) is 19.2. The first-order valence-electron chi connectivity index (χ1n) is 8.52. The summed E-state index contributed by atoms with van der Waals surface area (Å²) in [5, 5.41) is 3.74. The number of nitrogens with zero attached hydrogens (tertiary/aromatic N) is 4. The summed E-state index contributed by atoms with van der Waals surface area (Å²) in [5.41, 5.74) is 0.396. The molecule has 0 N–H and O–H groups in total. The van der Waals surface area contributed by atoms with E-state index in [0.29, 0.717) is 5.76 Å². The Hall–Kier alpha value is -2.75. The summed E-state index contributed by atoms with van der Waals surface area (Å²) < 4.78 is 29.5. The second-order valence-corrected chi connectivity index (χ2v) is 8.90. The van der Waals surface area contributed by atoms with Crippen LogP contribution in [0.25, 0.3) is 0 Å². The second kappa shape index (κ2) is 6.45. The molecular weight excluding hydrogens is 372 g/mol. The molecule has 2 aliphatic heterocycles. The van der Waals surface area contributed by atoms with E-state index in [1.165, 1.54) is 22.1 Å². The Morgan fingerprint density at radius 1 is 1.07 bits per heavy atom. The molecule has 9 nitrogen and oxygen atoms in total. The van der Waals surface area contributed by atoms with E-state index >= 15 is 0 Å². The van der Waals surface area contributed by atoms with Crippen molar-refractivity contribution in [1.82, 2.24) is 19.9 Å². The predicted octanol–water partition coefficient (Wildman–Crippen LogP) is 0.142. The second-order valence-electron chi connectivity index (χ2n) is 6.75. The van der Waals surface area contributed by atoms with E-state index in [-0.39, 0.29) is 47.8 Å². The molecule has 2 atom stereocenters. The van der Waals surface area contributed by atoms with Crippen LogP contribution in [0.1, 0.15) is 26.7 Å². The number of hydrogen-bond acceptors (Lipinski definition) is 7. The number of pyridine rings is 1. The molecule has 0 aliphatic carbocycles. The highest BCUT2D eigenvalue weighted by atomic mass is 32.2. The highest BCUT2D eigenvalue weighted by molar-refractivity contribution is 7.91. The van der Waals surface area contributed by atoms with Gasteiger partial charge >= 0.3 is 0 Å². The van der Waals surface area contributed by atoms with Gasteiger partial charge in [-0.25, -0.2) is 8.42 Å². The van der Waals surface area contributed by atoms with Gasteiger partial charge in [-0.05, 0) is 19.1 Å². The largest absolute Gasteiger partial charge is 0.361 e. The number of sulfone groups is 1. The Labute approximate surface area is 155 Å². The van der Waals surface area contributed by atoms with Crippen LogP contribution in [0.3, 0.4) is 0 Å². The molecule has 142 valence electrons. The van der Waals surface area contributed by atoms with Crippen LogP contribution in [0.5, 0.6) is 0 Å². The number of aryl methyl sites for hydroxylation is 1. The number of hydrogen-bond donors (Lipinski definition) is 0. The predicted molar refractivity (Wildman–Crippen MR) is 93.8 cm³/mol. The van der Waals surface area contributed by atoms with Gasteiger partial charge in [-0.15, -0.1) is 0 Å². The van der Waals surface area contributed by atoms with Crippen molar-refractivity contribution in [3.8, 4) is 0 Å². The van der Waals surface area contributed by atoms with E-state index in [1.54, 1.807) is 25.1 Å². The van der Waals surface area contributed by atoms with E-state index in [2.05, 4.69) is 10.1 Å². The summed E-state index contributed by atoms with van der Waals surface area (Å²) in [6.07, 6.45) is 1.52. The fraction of sp³-hybridized carbons (Fsp3) is 0.412. The normalized spacial score (nSPS) is 23.9. The Morgan fingerprint density at radius 3 is 2.22 bits per heavy atom. The molecule has 2 fully saturated rings. The zero-order valence-electron chi connectivity index (χ0n) is 14.6. The van der Waals surface area contributed by atoms with Crippen molar-refractivity contribution in [2.45, 2.75) is 19.0 Å². The van der Waals surface area contributed by atoms with Gasteiger partial charge in [0, 0.05) is 25.4 Å². The van der Waals surface area contributed by atoms with Gasteiger partial charge in [-0.2, -0.15) is 0 Å². The minimum atomic E-state index is -3.37. The number of carbonyl (C=O) groups excluding carboxylic acids is 2. The van der Waals surface area contributed by atoms with Crippen molar-refractivity contribution in [3.05, 3.63) is 47.6 Å². The molecule has 10 heteroatoms. The number of carbonyl (C=O) groups is 2. The van der Waals surface area contributed by atoms with Crippen LogP contribution >= 0.6 is 0 Å². The van der Waals surface area contributed by atoms with Crippen LogP contribution in [0.15, 0.2) is 35.0 Å². The quantitative estimate of drug-likeness (QED) is 0.717. The average Bonchev–Trinajstić information content (AvgIpc) is 3.22. The Kier molecular flexibility index (Phi) is 4.22. The van der Waals surface area contributed by atoms with Crippen molar-refractivity contribution in [2.75, 3.05) is 24.6 Å². The van der Waals surface area contributed by atoms with Crippen molar-refractivity contribution < 1.29 is 22.5 Å². The van der Waals surface area contributed by atoms with E-state index in [4.69, 9.17) is 4.52 Å². The monoisotopic (exact) mass is 390 g/mol. The SMILES string of the molecule is Cc1cc(C(=O)N2CCN(C(=O)c3ccccn3)C3CS(=O)(=O)CC32)no1. The van der Waals surface area contributed by atoms with Crippen LogP contribution in [0.4, 0.5) is 0 Å². The standard InChI is InChI=1S/C17H18N4O5S/c1-11-8-13(19-26-11)17(23)21-7-6-20(14-9-27(24,25)10-15(14)21)16(22)12-4-2-3-5-18-12/h2-5,8,14-15H,6-7,9-10H2,1H3. The van der Waals surface area contributed by atoms with Crippen molar-refractivity contribution in [3.63, 3.8) is 0 Å². The van der Waals surface area contributed by atoms with E-state index in [0.717, 1.165) is 0 Å². The van der Waals surface area contributed by atoms with Gasteiger partial charge < -0.3 is 14.3 Å². The van der Waals surface area contributed by atoms with Gasteiger partial charge in [0.2, 0.25) is 0 Å². The third kappa shape index (κ3) is 3.20. The third-order valence-corrected chi connectivity index (χ3v) is 6.63. The summed E-state index contributed by atoms with van der Waals surface area (Å²) in [6.45, 7) is 2.13. The lowest BCUT2D eigenvalue weighted by Gasteiger charge is -2.43. The Balaban J connectivity index is 1.63. The maximum atomic E-state index is 12.8. The number of fused-ring (bicyclic) bond motifs is 1. The number of aromatic nitrogens is 2. The summed E-state index contributed by atoms with van der Waals surface area (Å²) in [6, 6.07) is 5.31. The van der Waals surface area contributed by atoms with Crippen LogP contribution in [0, 0.1) is 6.92 Å². The van der Waals surface area contributed by atoms with Crippen LogP contribution < -0.4 is 0 Å². The Bertz CT molecular complexity index is 988. The highest BCUT2D eigenvalue weighted by Crippen LogP contribution is 2.29. The van der Waals surface area contributed by atoms with Gasteiger partial charge in [-0.1, -0.05) is 11.2 Å². The maximum absolute atomic E-state index is 12.8. The molecule has 2 aromatic heterocycles. The first-order valence-corrected chi connectivity index (χ1v) is 10.3. The molecule has 2 unspecified atom stereocenters. The third-order valence-electron chi connectivity index (χ3n) is 4.93. The molecule has 0 saturated carbocycles. The fourth-order valence-electron chi connectivity index (χ4n) is 3.71. The van der Waals surface area contributed by atoms with Gasteiger partial charge in [-0.3, -0.25) is 14.6 Å². The fourth-order valence-corrected chi connectivity index (χ4v) is 5.69. The van der Waals surface area contributed by atoms with Gasteiger partial charge in [0.15, 0.2) is 15.5 Å². The maximum Gasteiger partial charge on any atom is 0.276 e. The van der Waals surface area contributed by atoms with Crippen molar-refractivity contribution in [1.29, 1.82) is 0 Å². The zero-order valence-corrected chi connectivity index (χ0v) is 15.4. The van der Waals surface area contributed by atoms with E-state index < -0.39 is 21.9 Å². The molecule has 2 saturated heterocycles. The minimum Gasteiger partial charge on any atom is -0.361 e. The number of rotatable bonds is 2. The van der Waals surface area contributed by atoms with Crippen LogP contribution in [0.2, 0.25) is 0 Å². The van der Waals surface area contributed by atoms with Crippen LogP contribution in [-0.2, 0) is 9.84 Å². The summed E-state index contributed by atoms with van der Waals surface area (Å²) >= 11 is 0. The van der Waals surface area contributed by atoms with Gasteiger partial charge in [0.25, 0.3) is 11.8 Å². The first kappa shape index (κ1) is 17.7. The molecule has 0 radical (unpaired) electrons.